The third-order valence-electron chi connectivity index (χ3n) is 3.70. The van der Waals surface area contributed by atoms with E-state index in [2.05, 4.69) is 17.0 Å². The zero-order chi connectivity index (χ0) is 13.0. The molecule has 98 valence electrons. The van der Waals surface area contributed by atoms with E-state index in [0.717, 1.165) is 25.9 Å². The van der Waals surface area contributed by atoms with Crippen LogP contribution in [0.5, 0.6) is 0 Å². The van der Waals surface area contributed by atoms with Crippen LogP contribution in [0.1, 0.15) is 24.4 Å². The van der Waals surface area contributed by atoms with E-state index < -0.39 is 0 Å². The molecule has 4 N–H and O–H groups in total. The van der Waals surface area contributed by atoms with E-state index >= 15 is 0 Å². The molecule has 2 rings (SSSR count). The number of nitrogens with zero attached hydrogens (tertiary/aromatic N) is 1. The van der Waals surface area contributed by atoms with Crippen LogP contribution in [0.2, 0.25) is 0 Å². The van der Waals surface area contributed by atoms with Crippen molar-refractivity contribution in [3.8, 4) is 0 Å². The fraction of sp³-hybridized carbons (Fsp3) is 0.500. The molecule has 18 heavy (non-hydrogen) atoms. The van der Waals surface area contributed by atoms with Crippen LogP contribution in [0.25, 0.3) is 0 Å². The smallest absolute Gasteiger partial charge is 0.221 e. The molecule has 1 aromatic carbocycles. The number of rotatable bonds is 4. The summed E-state index contributed by atoms with van der Waals surface area (Å²) in [6.07, 6.45) is 1.91. The van der Waals surface area contributed by atoms with Gasteiger partial charge in [0.25, 0.3) is 0 Å². The van der Waals surface area contributed by atoms with Crippen LogP contribution in [-0.4, -0.2) is 30.4 Å². The van der Waals surface area contributed by atoms with Gasteiger partial charge in [0.05, 0.1) is 5.92 Å². The Kier molecular flexibility index (Phi) is 4.33. The molecule has 0 bridgehead atoms. The van der Waals surface area contributed by atoms with Gasteiger partial charge in [-0.15, -0.1) is 0 Å². The standard InChI is InChI=1S/C14H21N3O/c15-9-13(11-5-2-1-3-6-11)17-8-4-7-12(10-17)14(16)18/h1-3,5-6,12-13H,4,7-10,15H2,(H2,16,18). The number of likely N-dealkylation sites (tertiary alicyclic amines) is 1. The first-order valence-corrected chi connectivity index (χ1v) is 6.50. The summed E-state index contributed by atoms with van der Waals surface area (Å²) >= 11 is 0. The zero-order valence-electron chi connectivity index (χ0n) is 10.6. The maximum Gasteiger partial charge on any atom is 0.221 e. The first kappa shape index (κ1) is 13.1. The van der Waals surface area contributed by atoms with E-state index in [-0.39, 0.29) is 17.9 Å². The topological polar surface area (TPSA) is 72.3 Å². The van der Waals surface area contributed by atoms with Gasteiger partial charge in [-0.3, -0.25) is 9.69 Å². The number of piperidine rings is 1. The third-order valence-corrected chi connectivity index (χ3v) is 3.70. The van der Waals surface area contributed by atoms with E-state index in [4.69, 9.17) is 11.5 Å². The molecular weight excluding hydrogens is 226 g/mol. The lowest BCUT2D eigenvalue weighted by atomic mass is 9.94. The molecule has 0 saturated carbocycles. The molecule has 4 nitrogen and oxygen atoms in total. The number of nitrogens with two attached hydrogens (primary N) is 2. The molecule has 1 amide bonds. The first-order chi connectivity index (χ1) is 8.72. The van der Waals surface area contributed by atoms with Crippen molar-refractivity contribution >= 4 is 5.91 Å². The minimum absolute atomic E-state index is 0.0310. The van der Waals surface area contributed by atoms with Gasteiger partial charge < -0.3 is 11.5 Å². The van der Waals surface area contributed by atoms with Gasteiger partial charge in [0.1, 0.15) is 0 Å². The minimum Gasteiger partial charge on any atom is -0.369 e. The van der Waals surface area contributed by atoms with Gasteiger partial charge in [0.15, 0.2) is 0 Å². The maximum absolute atomic E-state index is 11.3. The van der Waals surface area contributed by atoms with Crippen LogP contribution in [0.3, 0.4) is 0 Å². The maximum atomic E-state index is 11.3. The van der Waals surface area contributed by atoms with Crippen LogP contribution in [0.4, 0.5) is 0 Å². The van der Waals surface area contributed by atoms with E-state index in [1.807, 2.05) is 18.2 Å². The summed E-state index contributed by atoms with van der Waals surface area (Å²) < 4.78 is 0. The van der Waals surface area contributed by atoms with Gasteiger partial charge in [0.2, 0.25) is 5.91 Å². The average Bonchev–Trinajstić information content (AvgIpc) is 2.41. The van der Waals surface area contributed by atoms with E-state index in [0.29, 0.717) is 6.54 Å². The monoisotopic (exact) mass is 247 g/mol. The quantitative estimate of drug-likeness (QED) is 0.829. The number of amides is 1. The molecule has 4 heteroatoms. The van der Waals surface area contributed by atoms with Crippen LogP contribution in [-0.2, 0) is 4.79 Å². The van der Waals surface area contributed by atoms with Gasteiger partial charge in [-0.2, -0.15) is 0 Å². The molecule has 1 saturated heterocycles. The van der Waals surface area contributed by atoms with E-state index in [9.17, 15) is 4.79 Å². The van der Waals surface area contributed by atoms with Crippen LogP contribution < -0.4 is 11.5 Å². The third kappa shape index (κ3) is 2.89. The lowest BCUT2D eigenvalue weighted by Crippen LogP contribution is -2.44. The van der Waals surface area contributed by atoms with Gasteiger partial charge in [-0.25, -0.2) is 0 Å². The van der Waals surface area contributed by atoms with Crippen molar-refractivity contribution in [2.24, 2.45) is 17.4 Å². The van der Waals surface area contributed by atoms with Crippen molar-refractivity contribution in [1.82, 2.24) is 4.90 Å². The largest absolute Gasteiger partial charge is 0.369 e. The Labute approximate surface area is 108 Å². The van der Waals surface area contributed by atoms with E-state index in [1.165, 1.54) is 5.56 Å². The summed E-state index contributed by atoms with van der Waals surface area (Å²) in [7, 11) is 0. The van der Waals surface area contributed by atoms with Crippen molar-refractivity contribution in [1.29, 1.82) is 0 Å². The fourth-order valence-electron chi connectivity index (χ4n) is 2.69. The number of carbonyl (C=O) groups is 1. The molecule has 1 aliphatic heterocycles. The van der Waals surface area contributed by atoms with Gasteiger partial charge >= 0.3 is 0 Å². The first-order valence-electron chi connectivity index (χ1n) is 6.50. The second-order valence-electron chi connectivity index (χ2n) is 4.90. The molecule has 0 aromatic heterocycles. The molecule has 0 aliphatic carbocycles. The highest BCUT2D eigenvalue weighted by atomic mass is 16.1. The number of hydrogen-bond donors (Lipinski definition) is 2. The van der Waals surface area contributed by atoms with Gasteiger partial charge in [-0.05, 0) is 24.9 Å². The predicted molar refractivity (Wildman–Crippen MR) is 71.7 cm³/mol. The summed E-state index contributed by atoms with van der Waals surface area (Å²) in [6.45, 7) is 2.28. The Morgan fingerprint density at radius 1 is 1.39 bits per heavy atom. The molecule has 1 heterocycles. The second-order valence-corrected chi connectivity index (χ2v) is 4.90. The summed E-state index contributed by atoms with van der Waals surface area (Å²) in [5.41, 5.74) is 12.5. The highest BCUT2D eigenvalue weighted by molar-refractivity contribution is 5.76. The van der Waals surface area contributed by atoms with Gasteiger partial charge in [0, 0.05) is 19.1 Å². The Bertz CT molecular complexity index is 393. The van der Waals surface area contributed by atoms with Crippen LogP contribution in [0, 0.1) is 5.92 Å². The summed E-state index contributed by atoms with van der Waals surface area (Å²) in [4.78, 5) is 13.6. The van der Waals surface area contributed by atoms with Crippen molar-refractivity contribution < 1.29 is 4.79 Å². The molecule has 1 aromatic rings. The summed E-state index contributed by atoms with van der Waals surface area (Å²) in [5, 5.41) is 0. The van der Waals surface area contributed by atoms with Crippen LogP contribution >= 0.6 is 0 Å². The number of primary amides is 1. The van der Waals surface area contributed by atoms with Gasteiger partial charge in [-0.1, -0.05) is 30.3 Å². The second kappa shape index (κ2) is 5.98. The zero-order valence-corrected chi connectivity index (χ0v) is 10.6. The SMILES string of the molecule is NCC(c1ccccc1)N1CCCC(C(N)=O)C1. The molecular formula is C14H21N3O. The molecule has 2 unspecified atom stereocenters. The molecule has 1 fully saturated rings. The Hall–Kier alpha value is -1.39. The fourth-order valence-corrected chi connectivity index (χ4v) is 2.69. The van der Waals surface area contributed by atoms with Crippen molar-refractivity contribution in [2.75, 3.05) is 19.6 Å². The summed E-state index contributed by atoms with van der Waals surface area (Å²) in [6, 6.07) is 10.4. The predicted octanol–water partition coefficient (Wildman–Crippen LogP) is 0.884. The molecule has 2 atom stereocenters. The van der Waals surface area contributed by atoms with Crippen molar-refractivity contribution in [2.45, 2.75) is 18.9 Å². The van der Waals surface area contributed by atoms with E-state index in [1.54, 1.807) is 0 Å². The Morgan fingerprint density at radius 3 is 2.72 bits per heavy atom. The lowest BCUT2D eigenvalue weighted by molar-refractivity contribution is -0.123. The number of carbonyl (C=O) groups excluding carboxylic acids is 1. The van der Waals surface area contributed by atoms with Crippen molar-refractivity contribution in [3.05, 3.63) is 35.9 Å². The van der Waals surface area contributed by atoms with Crippen LogP contribution in [0.15, 0.2) is 30.3 Å². The minimum atomic E-state index is -0.191. The Morgan fingerprint density at radius 2 is 2.11 bits per heavy atom. The van der Waals surface area contributed by atoms with Crippen molar-refractivity contribution in [3.63, 3.8) is 0 Å². The molecule has 1 aliphatic rings. The highest BCUT2D eigenvalue weighted by Gasteiger charge is 2.28. The molecule has 0 radical (unpaired) electrons. The highest BCUT2D eigenvalue weighted by Crippen LogP contribution is 2.26. The normalized spacial score (nSPS) is 22.6. The molecule has 0 spiro atoms. The average molecular weight is 247 g/mol. The summed E-state index contributed by atoms with van der Waals surface area (Å²) in [5.74, 6) is -0.222. The number of benzene rings is 1. The number of hydrogen-bond acceptors (Lipinski definition) is 3. The lowest BCUT2D eigenvalue weighted by Gasteiger charge is -2.37. The Balaban J connectivity index is 2.11.